The molecule has 3 rings (SSSR count). The zero-order valence-corrected chi connectivity index (χ0v) is 21.7. The lowest BCUT2D eigenvalue weighted by atomic mass is 10.1. The highest BCUT2D eigenvalue weighted by molar-refractivity contribution is 5.65. The number of ether oxygens (including phenoxy) is 2. The van der Waals surface area contributed by atoms with Crippen molar-refractivity contribution in [1.82, 2.24) is 14.7 Å². The molecule has 1 heterocycles. The van der Waals surface area contributed by atoms with E-state index in [1.165, 1.54) is 6.07 Å². The summed E-state index contributed by atoms with van der Waals surface area (Å²) in [6.45, 7) is 10.7. The zero-order valence-electron chi connectivity index (χ0n) is 21.7. The molecule has 1 unspecified atom stereocenters. The average Bonchev–Trinajstić information content (AvgIpc) is 3.10. The van der Waals surface area contributed by atoms with Gasteiger partial charge in [0, 0.05) is 44.9 Å². The molecule has 0 radical (unpaired) electrons. The van der Waals surface area contributed by atoms with Crippen LogP contribution in [0.25, 0.3) is 11.3 Å². The minimum Gasteiger partial charge on any atom is -0.436 e. The number of aliphatic hydroxyl groups excluding tert-OH is 1. The SMILES string of the molecule is CC(C)COCC(O)CN(Cc1c(-c2ccccc2)nn(C)c1Oc1ccc(F)cc1F)CC(C)C. The maximum absolute atomic E-state index is 14.5. The number of hydrogen-bond acceptors (Lipinski definition) is 5. The van der Waals surface area contributed by atoms with Gasteiger partial charge in [-0.15, -0.1) is 0 Å². The van der Waals surface area contributed by atoms with Gasteiger partial charge in [-0.3, -0.25) is 4.90 Å². The van der Waals surface area contributed by atoms with Crippen LogP contribution in [-0.4, -0.2) is 52.2 Å². The van der Waals surface area contributed by atoms with E-state index in [4.69, 9.17) is 9.47 Å². The molecule has 0 aliphatic carbocycles. The van der Waals surface area contributed by atoms with Crippen LogP contribution in [0.3, 0.4) is 0 Å². The van der Waals surface area contributed by atoms with Crippen LogP contribution in [0.4, 0.5) is 8.78 Å². The molecule has 0 fully saturated rings. The van der Waals surface area contributed by atoms with Crippen molar-refractivity contribution in [2.45, 2.75) is 40.3 Å². The Bertz CT molecular complexity index is 1100. The molecule has 0 amide bonds. The van der Waals surface area contributed by atoms with Gasteiger partial charge in [-0.2, -0.15) is 5.10 Å². The summed E-state index contributed by atoms with van der Waals surface area (Å²) in [7, 11) is 1.73. The van der Waals surface area contributed by atoms with E-state index >= 15 is 0 Å². The normalized spacial score (nSPS) is 12.6. The Morgan fingerprint density at radius 3 is 2.33 bits per heavy atom. The van der Waals surface area contributed by atoms with Crippen molar-refractivity contribution in [3.8, 4) is 22.9 Å². The number of benzene rings is 2. The van der Waals surface area contributed by atoms with Gasteiger partial charge in [0.1, 0.15) is 11.5 Å². The maximum atomic E-state index is 14.5. The molecule has 0 bridgehead atoms. The maximum Gasteiger partial charge on any atom is 0.222 e. The minimum atomic E-state index is -0.792. The topological polar surface area (TPSA) is 59.8 Å². The molecule has 6 nitrogen and oxygen atoms in total. The number of aliphatic hydroxyl groups is 1. The van der Waals surface area contributed by atoms with Gasteiger partial charge in [-0.25, -0.2) is 13.5 Å². The van der Waals surface area contributed by atoms with Crippen molar-refractivity contribution in [3.63, 3.8) is 0 Å². The quantitative estimate of drug-likeness (QED) is 0.328. The molecule has 1 atom stereocenters. The molecule has 0 spiro atoms. The van der Waals surface area contributed by atoms with Gasteiger partial charge in [0.25, 0.3) is 0 Å². The number of hydrogen-bond donors (Lipinski definition) is 1. The summed E-state index contributed by atoms with van der Waals surface area (Å²) in [5.74, 6) is -0.465. The molecular formula is C28H37F2N3O3. The molecule has 1 N–H and O–H groups in total. The van der Waals surface area contributed by atoms with E-state index in [9.17, 15) is 13.9 Å². The van der Waals surface area contributed by atoms with Crippen LogP contribution in [0.15, 0.2) is 48.5 Å². The van der Waals surface area contributed by atoms with E-state index < -0.39 is 17.7 Å². The van der Waals surface area contributed by atoms with Gasteiger partial charge in [-0.05, 0) is 24.0 Å². The third-order valence-electron chi connectivity index (χ3n) is 5.47. The smallest absolute Gasteiger partial charge is 0.222 e. The first-order valence-electron chi connectivity index (χ1n) is 12.4. The fourth-order valence-corrected chi connectivity index (χ4v) is 4.05. The summed E-state index contributed by atoms with van der Waals surface area (Å²) in [5, 5.41) is 15.4. The number of aryl methyl sites for hydroxylation is 1. The van der Waals surface area contributed by atoms with Gasteiger partial charge in [0.05, 0.1) is 18.3 Å². The van der Waals surface area contributed by atoms with Crippen LogP contribution in [0, 0.1) is 23.5 Å². The van der Waals surface area contributed by atoms with Crippen LogP contribution in [0.1, 0.15) is 33.3 Å². The first kappa shape index (κ1) is 27.8. The third kappa shape index (κ3) is 7.85. The highest BCUT2D eigenvalue weighted by Gasteiger charge is 2.24. The Morgan fingerprint density at radius 1 is 0.972 bits per heavy atom. The second-order valence-corrected chi connectivity index (χ2v) is 9.97. The van der Waals surface area contributed by atoms with E-state index in [0.717, 1.165) is 23.3 Å². The van der Waals surface area contributed by atoms with Crippen LogP contribution in [0.5, 0.6) is 11.6 Å². The van der Waals surface area contributed by atoms with E-state index in [1.807, 2.05) is 30.3 Å². The fraction of sp³-hybridized carbons (Fsp3) is 0.464. The summed E-state index contributed by atoms with van der Waals surface area (Å²) in [6, 6.07) is 12.9. The molecule has 0 aliphatic heterocycles. The number of halogens is 2. The standard InChI is InChI=1S/C28H37F2N3O3/c1-19(2)14-33(15-23(34)18-35-17-20(3)4)16-24-27(21-9-7-6-8-10-21)31-32(5)28(24)36-26-12-11-22(29)13-25(26)30/h6-13,19-20,23,34H,14-18H2,1-5H3. The van der Waals surface area contributed by atoms with Gasteiger partial charge >= 0.3 is 0 Å². The van der Waals surface area contributed by atoms with Gasteiger partial charge in [0.15, 0.2) is 11.6 Å². The van der Waals surface area contributed by atoms with E-state index in [0.29, 0.717) is 49.7 Å². The van der Waals surface area contributed by atoms with Crippen LogP contribution in [0.2, 0.25) is 0 Å². The Morgan fingerprint density at radius 2 is 1.69 bits per heavy atom. The lowest BCUT2D eigenvalue weighted by Gasteiger charge is -2.27. The summed E-state index contributed by atoms with van der Waals surface area (Å²) in [6.07, 6.45) is -0.668. The summed E-state index contributed by atoms with van der Waals surface area (Å²) < 4.78 is 41.1. The fourth-order valence-electron chi connectivity index (χ4n) is 4.05. The molecule has 196 valence electrons. The Balaban J connectivity index is 1.94. The van der Waals surface area contributed by atoms with Crippen LogP contribution >= 0.6 is 0 Å². The monoisotopic (exact) mass is 501 g/mol. The highest BCUT2D eigenvalue weighted by Crippen LogP contribution is 2.35. The molecule has 1 aromatic heterocycles. The lowest BCUT2D eigenvalue weighted by molar-refractivity contribution is 0.00516. The summed E-state index contributed by atoms with van der Waals surface area (Å²) >= 11 is 0. The largest absolute Gasteiger partial charge is 0.436 e. The second kappa shape index (κ2) is 12.9. The molecule has 0 aliphatic rings. The van der Waals surface area contributed by atoms with Gasteiger partial charge < -0.3 is 14.6 Å². The van der Waals surface area contributed by atoms with Crippen molar-refractivity contribution >= 4 is 0 Å². The molecule has 2 aromatic carbocycles. The third-order valence-corrected chi connectivity index (χ3v) is 5.47. The molecular weight excluding hydrogens is 464 g/mol. The van der Waals surface area contributed by atoms with Crippen LogP contribution < -0.4 is 4.74 Å². The van der Waals surface area contributed by atoms with Crippen LogP contribution in [-0.2, 0) is 18.3 Å². The Hall–Kier alpha value is -2.81. The minimum absolute atomic E-state index is 0.0854. The van der Waals surface area contributed by atoms with Crippen molar-refractivity contribution in [3.05, 3.63) is 65.7 Å². The number of aromatic nitrogens is 2. The Labute approximate surface area is 212 Å². The van der Waals surface area contributed by atoms with E-state index in [2.05, 4.69) is 37.7 Å². The Kier molecular flexibility index (Phi) is 9.98. The predicted octanol–water partition coefficient (Wildman–Crippen LogP) is 5.65. The van der Waals surface area contributed by atoms with Crippen molar-refractivity contribution in [2.24, 2.45) is 18.9 Å². The average molecular weight is 502 g/mol. The van der Waals surface area contributed by atoms with Crippen molar-refractivity contribution in [1.29, 1.82) is 0 Å². The summed E-state index contributed by atoms with van der Waals surface area (Å²) in [4.78, 5) is 2.13. The summed E-state index contributed by atoms with van der Waals surface area (Å²) in [5.41, 5.74) is 2.35. The molecule has 0 saturated carbocycles. The zero-order chi connectivity index (χ0) is 26.2. The molecule has 8 heteroatoms. The highest BCUT2D eigenvalue weighted by atomic mass is 19.1. The van der Waals surface area contributed by atoms with Crippen molar-refractivity contribution in [2.75, 3.05) is 26.3 Å². The lowest BCUT2D eigenvalue weighted by Crippen LogP contribution is -2.37. The van der Waals surface area contributed by atoms with Crippen molar-refractivity contribution < 1.29 is 23.4 Å². The van der Waals surface area contributed by atoms with E-state index in [1.54, 1.807) is 11.7 Å². The number of rotatable bonds is 13. The molecule has 36 heavy (non-hydrogen) atoms. The first-order chi connectivity index (χ1) is 17.1. The molecule has 0 saturated heterocycles. The predicted molar refractivity (Wildman–Crippen MR) is 137 cm³/mol. The second-order valence-electron chi connectivity index (χ2n) is 9.97. The van der Waals surface area contributed by atoms with E-state index in [-0.39, 0.29) is 12.4 Å². The number of nitrogens with zero attached hydrogens (tertiary/aromatic N) is 3. The van der Waals surface area contributed by atoms with Gasteiger partial charge in [0.2, 0.25) is 5.88 Å². The first-order valence-corrected chi connectivity index (χ1v) is 12.4. The van der Waals surface area contributed by atoms with Gasteiger partial charge in [-0.1, -0.05) is 58.0 Å². The molecule has 3 aromatic rings.